The van der Waals surface area contributed by atoms with Crippen molar-refractivity contribution in [1.82, 2.24) is 0 Å². The molecular formula is C16H17NO2S. The van der Waals surface area contributed by atoms with E-state index in [-0.39, 0.29) is 11.7 Å². The van der Waals surface area contributed by atoms with E-state index in [0.717, 1.165) is 10.5 Å². The second kappa shape index (κ2) is 6.48. The van der Waals surface area contributed by atoms with Crippen LogP contribution in [0.1, 0.15) is 11.1 Å². The molecule has 4 heteroatoms. The number of phenols is 1. The number of benzene rings is 2. The minimum atomic E-state index is -0.0785. The number of rotatable bonds is 4. The molecule has 0 unspecified atom stereocenters. The maximum Gasteiger partial charge on any atom is 0.234 e. The predicted molar refractivity (Wildman–Crippen MR) is 83.4 cm³/mol. The molecule has 2 N–H and O–H groups in total. The Morgan fingerprint density at radius 1 is 1.15 bits per heavy atom. The van der Waals surface area contributed by atoms with Gasteiger partial charge >= 0.3 is 0 Å². The fourth-order valence-electron chi connectivity index (χ4n) is 1.82. The maximum absolute atomic E-state index is 11.9. The van der Waals surface area contributed by atoms with Crippen LogP contribution in [0.5, 0.6) is 5.75 Å². The summed E-state index contributed by atoms with van der Waals surface area (Å²) in [6.07, 6.45) is 0. The second-order valence-corrected chi connectivity index (χ2v) is 5.60. The van der Waals surface area contributed by atoms with Crippen LogP contribution < -0.4 is 5.32 Å². The zero-order chi connectivity index (χ0) is 14.5. The smallest absolute Gasteiger partial charge is 0.234 e. The van der Waals surface area contributed by atoms with Crippen molar-refractivity contribution in [3.8, 4) is 5.75 Å². The summed E-state index contributed by atoms with van der Waals surface area (Å²) in [5, 5.41) is 12.7. The molecule has 0 heterocycles. The van der Waals surface area contributed by atoms with Crippen LogP contribution in [0.15, 0.2) is 47.4 Å². The fraction of sp³-hybridized carbons (Fsp3) is 0.188. The van der Waals surface area contributed by atoms with Gasteiger partial charge in [-0.3, -0.25) is 4.79 Å². The van der Waals surface area contributed by atoms with Crippen LogP contribution in [-0.2, 0) is 4.79 Å². The van der Waals surface area contributed by atoms with Crippen LogP contribution in [0, 0.1) is 13.8 Å². The fourth-order valence-corrected chi connectivity index (χ4v) is 2.54. The Bertz CT molecular complexity index is 611. The first-order valence-electron chi connectivity index (χ1n) is 6.35. The lowest BCUT2D eigenvalue weighted by Crippen LogP contribution is -2.14. The molecule has 0 bridgehead atoms. The summed E-state index contributed by atoms with van der Waals surface area (Å²) < 4.78 is 0. The number of nitrogens with one attached hydrogen (secondary N) is 1. The largest absolute Gasteiger partial charge is 0.507 e. The second-order valence-electron chi connectivity index (χ2n) is 4.55. The molecule has 3 nitrogen and oxygen atoms in total. The van der Waals surface area contributed by atoms with Crippen LogP contribution >= 0.6 is 11.8 Å². The minimum absolute atomic E-state index is 0.0785. The van der Waals surface area contributed by atoms with Gasteiger partial charge in [-0.1, -0.05) is 24.3 Å². The average molecular weight is 287 g/mol. The Balaban J connectivity index is 1.97. The van der Waals surface area contributed by atoms with Gasteiger partial charge in [0, 0.05) is 16.1 Å². The molecule has 0 radical (unpaired) electrons. The number of amides is 1. The van der Waals surface area contributed by atoms with Crippen LogP contribution in [0.2, 0.25) is 0 Å². The summed E-state index contributed by atoms with van der Waals surface area (Å²) in [6, 6.07) is 13.4. The molecular weight excluding hydrogens is 270 g/mol. The molecule has 2 aromatic rings. The third-order valence-electron chi connectivity index (χ3n) is 3.02. The molecule has 0 aromatic heterocycles. The Labute approximate surface area is 123 Å². The Morgan fingerprint density at radius 3 is 2.55 bits per heavy atom. The first-order valence-corrected chi connectivity index (χ1v) is 7.33. The van der Waals surface area contributed by atoms with E-state index in [9.17, 15) is 9.90 Å². The lowest BCUT2D eigenvalue weighted by atomic mass is 10.1. The lowest BCUT2D eigenvalue weighted by Gasteiger charge is -2.11. The molecule has 104 valence electrons. The molecule has 0 atom stereocenters. The number of anilines is 1. The van der Waals surface area contributed by atoms with Crippen LogP contribution in [0.3, 0.4) is 0 Å². The van der Waals surface area contributed by atoms with Gasteiger partial charge in [-0.15, -0.1) is 11.8 Å². The van der Waals surface area contributed by atoms with Crippen LogP contribution in [0.25, 0.3) is 0 Å². The highest BCUT2D eigenvalue weighted by Gasteiger charge is 2.09. The zero-order valence-electron chi connectivity index (χ0n) is 11.5. The van der Waals surface area contributed by atoms with Crippen molar-refractivity contribution < 1.29 is 9.90 Å². The highest BCUT2D eigenvalue weighted by Crippen LogP contribution is 2.28. The highest BCUT2D eigenvalue weighted by molar-refractivity contribution is 8.00. The highest BCUT2D eigenvalue weighted by atomic mass is 32.2. The van der Waals surface area contributed by atoms with Gasteiger partial charge < -0.3 is 10.4 Å². The van der Waals surface area contributed by atoms with Gasteiger partial charge in [-0.05, 0) is 37.6 Å². The summed E-state index contributed by atoms with van der Waals surface area (Å²) in [5.41, 5.74) is 2.16. The molecule has 0 aliphatic carbocycles. The molecule has 0 aliphatic heterocycles. The Kier molecular flexibility index (Phi) is 4.69. The summed E-state index contributed by atoms with van der Waals surface area (Å²) in [7, 11) is 0. The minimum Gasteiger partial charge on any atom is -0.507 e. The monoisotopic (exact) mass is 287 g/mol. The molecule has 0 saturated carbocycles. The number of hydrogen-bond acceptors (Lipinski definition) is 3. The van der Waals surface area contributed by atoms with E-state index >= 15 is 0 Å². The normalized spacial score (nSPS) is 10.3. The lowest BCUT2D eigenvalue weighted by molar-refractivity contribution is -0.113. The Hall–Kier alpha value is -1.94. The molecule has 2 rings (SSSR count). The molecule has 0 aliphatic rings. The number of thioether (sulfide) groups is 1. The first kappa shape index (κ1) is 14.5. The molecule has 2 aromatic carbocycles. The van der Waals surface area contributed by atoms with E-state index in [1.54, 1.807) is 13.0 Å². The van der Waals surface area contributed by atoms with Crippen molar-refractivity contribution in [2.45, 2.75) is 18.7 Å². The van der Waals surface area contributed by atoms with Crippen molar-refractivity contribution in [1.29, 1.82) is 0 Å². The SMILES string of the molecule is Cc1ccc(NC(=O)CSc2ccccc2)c(C)c1O. The predicted octanol–water partition coefficient (Wildman–Crippen LogP) is 3.74. The van der Waals surface area contributed by atoms with E-state index in [1.165, 1.54) is 11.8 Å². The van der Waals surface area contributed by atoms with Gasteiger partial charge in [0.25, 0.3) is 0 Å². The van der Waals surface area contributed by atoms with Gasteiger partial charge in [0.2, 0.25) is 5.91 Å². The van der Waals surface area contributed by atoms with Crippen molar-refractivity contribution in [3.63, 3.8) is 0 Å². The number of carbonyl (C=O) groups excluding carboxylic acids is 1. The van der Waals surface area contributed by atoms with Gasteiger partial charge in [0.15, 0.2) is 0 Å². The van der Waals surface area contributed by atoms with Crippen molar-refractivity contribution in [2.24, 2.45) is 0 Å². The van der Waals surface area contributed by atoms with Gasteiger partial charge in [-0.25, -0.2) is 0 Å². The number of hydrogen-bond donors (Lipinski definition) is 2. The van der Waals surface area contributed by atoms with Crippen molar-refractivity contribution in [2.75, 3.05) is 11.1 Å². The van der Waals surface area contributed by atoms with Gasteiger partial charge in [0.1, 0.15) is 5.75 Å². The summed E-state index contributed by atoms with van der Waals surface area (Å²) in [5.74, 6) is 0.502. The third kappa shape index (κ3) is 3.54. The number of carbonyl (C=O) groups is 1. The van der Waals surface area contributed by atoms with E-state index in [4.69, 9.17) is 0 Å². The van der Waals surface area contributed by atoms with E-state index < -0.39 is 0 Å². The van der Waals surface area contributed by atoms with Gasteiger partial charge in [-0.2, -0.15) is 0 Å². The topological polar surface area (TPSA) is 49.3 Å². The molecule has 0 saturated heterocycles. The summed E-state index contributed by atoms with van der Waals surface area (Å²) >= 11 is 1.49. The molecule has 0 fully saturated rings. The third-order valence-corrected chi connectivity index (χ3v) is 4.03. The summed E-state index contributed by atoms with van der Waals surface area (Å²) in [6.45, 7) is 3.63. The molecule has 20 heavy (non-hydrogen) atoms. The zero-order valence-corrected chi connectivity index (χ0v) is 12.3. The van der Waals surface area contributed by atoms with Crippen molar-refractivity contribution in [3.05, 3.63) is 53.6 Å². The quantitative estimate of drug-likeness (QED) is 0.842. The van der Waals surface area contributed by atoms with Crippen LogP contribution in [0.4, 0.5) is 5.69 Å². The number of aromatic hydroxyl groups is 1. The number of phenolic OH excluding ortho intramolecular Hbond substituents is 1. The number of aryl methyl sites for hydroxylation is 1. The standard InChI is InChI=1S/C16H17NO2S/c1-11-8-9-14(12(2)16(11)19)17-15(18)10-20-13-6-4-3-5-7-13/h3-9,19H,10H2,1-2H3,(H,17,18). The first-order chi connectivity index (χ1) is 9.58. The maximum atomic E-state index is 11.9. The molecule has 1 amide bonds. The van der Waals surface area contributed by atoms with Gasteiger partial charge in [0.05, 0.1) is 5.75 Å². The van der Waals surface area contributed by atoms with Crippen molar-refractivity contribution >= 4 is 23.4 Å². The van der Waals surface area contributed by atoms with E-state index in [0.29, 0.717) is 17.0 Å². The average Bonchev–Trinajstić information content (AvgIpc) is 2.47. The summed E-state index contributed by atoms with van der Waals surface area (Å²) in [4.78, 5) is 13.0. The Morgan fingerprint density at radius 2 is 1.85 bits per heavy atom. The van der Waals surface area contributed by atoms with E-state index in [1.807, 2.05) is 43.3 Å². The van der Waals surface area contributed by atoms with Crippen LogP contribution in [-0.4, -0.2) is 16.8 Å². The molecule has 0 spiro atoms. The van der Waals surface area contributed by atoms with E-state index in [2.05, 4.69) is 5.32 Å².